The van der Waals surface area contributed by atoms with Crippen LogP contribution < -0.4 is 15.5 Å². The molecule has 7 nitrogen and oxygen atoms in total. The summed E-state index contributed by atoms with van der Waals surface area (Å²) in [5.41, 5.74) is 7.67. The van der Waals surface area contributed by atoms with E-state index in [0.29, 0.717) is 25.0 Å². The van der Waals surface area contributed by atoms with Crippen molar-refractivity contribution in [2.75, 3.05) is 49.1 Å². The van der Waals surface area contributed by atoms with Gasteiger partial charge < -0.3 is 25.3 Å². The molecule has 29 heavy (non-hydrogen) atoms. The Morgan fingerprint density at radius 3 is 2.17 bits per heavy atom. The highest BCUT2D eigenvalue weighted by Gasteiger charge is 2.35. The number of nitrogens with two attached hydrogens (primary N) is 1. The van der Waals surface area contributed by atoms with Crippen LogP contribution in [0.15, 0.2) is 24.3 Å². The van der Waals surface area contributed by atoms with Crippen molar-refractivity contribution < 1.29 is 9.59 Å². The standard InChI is InChI=1S/C22H33N5O2/c1-17-5-4-12-26(17)21(28)20-6-2-3-11-27(20)19-9-7-18(8-10-19)24-13-15-25(16-14-24)22(23)29/h7-10,17,20H,2-6,11-16H2,1H3,(H2,23,29). The van der Waals surface area contributed by atoms with Crippen LogP contribution in [0.1, 0.15) is 39.0 Å². The first kappa shape index (κ1) is 19.9. The molecule has 3 aliphatic heterocycles. The fourth-order valence-corrected chi connectivity index (χ4v) is 4.99. The average Bonchev–Trinajstić information content (AvgIpc) is 3.19. The van der Waals surface area contributed by atoms with Gasteiger partial charge in [0.15, 0.2) is 0 Å². The summed E-state index contributed by atoms with van der Waals surface area (Å²) in [6.45, 7) is 6.92. The van der Waals surface area contributed by atoms with E-state index >= 15 is 0 Å². The first-order valence-corrected chi connectivity index (χ1v) is 11.0. The van der Waals surface area contributed by atoms with E-state index in [1.165, 1.54) is 0 Å². The van der Waals surface area contributed by atoms with Gasteiger partial charge in [-0.3, -0.25) is 4.79 Å². The Morgan fingerprint density at radius 1 is 0.862 bits per heavy atom. The maximum atomic E-state index is 13.2. The molecular formula is C22H33N5O2. The lowest BCUT2D eigenvalue weighted by molar-refractivity contribution is -0.133. The quantitative estimate of drug-likeness (QED) is 0.846. The Balaban J connectivity index is 1.44. The van der Waals surface area contributed by atoms with Crippen molar-refractivity contribution in [3.8, 4) is 0 Å². The molecule has 3 aliphatic rings. The van der Waals surface area contributed by atoms with Gasteiger partial charge in [0, 0.05) is 56.7 Å². The van der Waals surface area contributed by atoms with E-state index in [2.05, 4.69) is 45.9 Å². The third-order valence-electron chi connectivity index (χ3n) is 6.76. The minimum absolute atomic E-state index is 0.0331. The van der Waals surface area contributed by atoms with Crippen LogP contribution in [0.4, 0.5) is 16.2 Å². The van der Waals surface area contributed by atoms with Crippen LogP contribution in [0.25, 0.3) is 0 Å². The van der Waals surface area contributed by atoms with Gasteiger partial charge in [0.2, 0.25) is 5.91 Å². The SMILES string of the molecule is CC1CCCN1C(=O)C1CCCCN1c1ccc(N2CCN(C(N)=O)CC2)cc1. The molecule has 2 unspecified atom stereocenters. The van der Waals surface area contributed by atoms with Gasteiger partial charge in [-0.25, -0.2) is 4.79 Å². The van der Waals surface area contributed by atoms with Crippen molar-refractivity contribution in [3.63, 3.8) is 0 Å². The molecule has 0 bridgehead atoms. The normalized spacial score (nSPS) is 25.4. The number of piperidine rings is 1. The molecule has 158 valence electrons. The predicted octanol–water partition coefficient (Wildman–Crippen LogP) is 2.26. The number of carbonyl (C=O) groups is 2. The van der Waals surface area contributed by atoms with E-state index < -0.39 is 0 Å². The summed E-state index contributed by atoms with van der Waals surface area (Å²) in [6.07, 6.45) is 5.44. The molecule has 0 spiro atoms. The number of piperazine rings is 1. The Hall–Kier alpha value is -2.44. The predicted molar refractivity (Wildman–Crippen MR) is 115 cm³/mol. The fourth-order valence-electron chi connectivity index (χ4n) is 4.99. The zero-order valence-electron chi connectivity index (χ0n) is 17.4. The van der Waals surface area contributed by atoms with E-state index in [9.17, 15) is 9.59 Å². The molecule has 0 aromatic heterocycles. The second-order valence-electron chi connectivity index (χ2n) is 8.56. The van der Waals surface area contributed by atoms with Crippen LogP contribution in [-0.2, 0) is 4.79 Å². The lowest BCUT2D eigenvalue weighted by Gasteiger charge is -2.39. The summed E-state index contributed by atoms with van der Waals surface area (Å²) >= 11 is 0. The maximum Gasteiger partial charge on any atom is 0.314 e. The number of benzene rings is 1. The van der Waals surface area contributed by atoms with Gasteiger partial charge in [-0.15, -0.1) is 0 Å². The molecule has 0 radical (unpaired) electrons. The van der Waals surface area contributed by atoms with Crippen LogP contribution in [0, 0.1) is 0 Å². The number of primary amides is 1. The van der Waals surface area contributed by atoms with Gasteiger partial charge in [0.25, 0.3) is 0 Å². The Bertz CT molecular complexity index is 729. The number of nitrogens with zero attached hydrogens (tertiary/aromatic N) is 4. The van der Waals surface area contributed by atoms with Gasteiger partial charge in [0.1, 0.15) is 6.04 Å². The summed E-state index contributed by atoms with van der Waals surface area (Å²) < 4.78 is 0. The van der Waals surface area contributed by atoms with E-state index in [-0.39, 0.29) is 12.1 Å². The third-order valence-corrected chi connectivity index (χ3v) is 6.76. The van der Waals surface area contributed by atoms with Gasteiger partial charge in [0.05, 0.1) is 0 Å². The van der Waals surface area contributed by atoms with E-state index in [1.54, 1.807) is 4.90 Å². The van der Waals surface area contributed by atoms with Crippen LogP contribution in [0.5, 0.6) is 0 Å². The van der Waals surface area contributed by atoms with Crippen LogP contribution >= 0.6 is 0 Å². The fraction of sp³-hybridized carbons (Fsp3) is 0.636. The molecule has 0 aliphatic carbocycles. The lowest BCUT2D eigenvalue weighted by Crippen LogP contribution is -2.52. The van der Waals surface area contributed by atoms with Crippen molar-refractivity contribution in [1.82, 2.24) is 9.80 Å². The zero-order valence-corrected chi connectivity index (χ0v) is 17.4. The zero-order chi connectivity index (χ0) is 20.4. The first-order valence-electron chi connectivity index (χ1n) is 11.0. The summed E-state index contributed by atoms with van der Waals surface area (Å²) in [5, 5.41) is 0. The minimum Gasteiger partial charge on any atom is -0.368 e. The molecular weight excluding hydrogens is 366 g/mol. The highest BCUT2D eigenvalue weighted by Crippen LogP contribution is 2.30. The number of amides is 3. The Labute approximate surface area is 173 Å². The van der Waals surface area contributed by atoms with E-state index in [1.807, 2.05) is 0 Å². The Kier molecular flexibility index (Phi) is 5.83. The third kappa shape index (κ3) is 4.14. The maximum absolute atomic E-state index is 13.2. The molecule has 3 fully saturated rings. The largest absolute Gasteiger partial charge is 0.368 e. The number of hydrogen-bond donors (Lipinski definition) is 1. The van der Waals surface area contributed by atoms with Crippen molar-refractivity contribution in [1.29, 1.82) is 0 Å². The van der Waals surface area contributed by atoms with Crippen LogP contribution in [0.2, 0.25) is 0 Å². The molecule has 3 amide bonds. The molecule has 2 N–H and O–H groups in total. The molecule has 3 heterocycles. The number of anilines is 2. The van der Waals surface area contributed by atoms with Gasteiger partial charge in [-0.05, 0) is 63.3 Å². The molecule has 2 atom stereocenters. The number of hydrogen-bond acceptors (Lipinski definition) is 4. The van der Waals surface area contributed by atoms with E-state index in [0.717, 1.165) is 69.7 Å². The summed E-state index contributed by atoms with van der Waals surface area (Å²) in [7, 11) is 0. The number of urea groups is 1. The van der Waals surface area contributed by atoms with Gasteiger partial charge >= 0.3 is 6.03 Å². The second-order valence-corrected chi connectivity index (χ2v) is 8.56. The smallest absolute Gasteiger partial charge is 0.314 e. The van der Waals surface area contributed by atoms with E-state index in [4.69, 9.17) is 5.73 Å². The Morgan fingerprint density at radius 2 is 1.55 bits per heavy atom. The van der Waals surface area contributed by atoms with Crippen molar-refractivity contribution in [2.24, 2.45) is 5.73 Å². The second kappa shape index (κ2) is 8.51. The highest BCUT2D eigenvalue weighted by atomic mass is 16.2. The summed E-state index contributed by atoms with van der Waals surface area (Å²) in [4.78, 5) is 32.9. The molecule has 1 aromatic rings. The molecule has 1 aromatic carbocycles. The number of rotatable bonds is 3. The molecule has 3 saturated heterocycles. The van der Waals surface area contributed by atoms with Crippen LogP contribution in [0.3, 0.4) is 0 Å². The number of likely N-dealkylation sites (tertiary alicyclic amines) is 1. The van der Waals surface area contributed by atoms with Crippen molar-refractivity contribution in [2.45, 2.75) is 51.1 Å². The molecule has 4 rings (SSSR count). The lowest BCUT2D eigenvalue weighted by atomic mass is 9.99. The first-order chi connectivity index (χ1) is 14.0. The summed E-state index contributed by atoms with van der Waals surface area (Å²) in [6, 6.07) is 8.58. The topological polar surface area (TPSA) is 73.1 Å². The monoisotopic (exact) mass is 399 g/mol. The van der Waals surface area contributed by atoms with Crippen LogP contribution in [-0.4, -0.2) is 73.1 Å². The summed E-state index contributed by atoms with van der Waals surface area (Å²) in [5.74, 6) is 0.307. The number of carbonyl (C=O) groups excluding carboxylic acids is 2. The average molecular weight is 400 g/mol. The highest BCUT2D eigenvalue weighted by molar-refractivity contribution is 5.86. The van der Waals surface area contributed by atoms with Crippen molar-refractivity contribution >= 4 is 23.3 Å². The van der Waals surface area contributed by atoms with Gasteiger partial charge in [-0.2, -0.15) is 0 Å². The molecule has 7 heteroatoms. The van der Waals surface area contributed by atoms with Crippen molar-refractivity contribution in [3.05, 3.63) is 24.3 Å². The van der Waals surface area contributed by atoms with Gasteiger partial charge in [-0.1, -0.05) is 0 Å². The minimum atomic E-state index is -0.340. The molecule has 0 saturated carbocycles.